The van der Waals surface area contributed by atoms with Gasteiger partial charge in [0, 0.05) is 53.2 Å². The summed E-state index contributed by atoms with van der Waals surface area (Å²) < 4.78 is 26.4. The maximum Gasteiger partial charge on any atom is 0.227 e. The summed E-state index contributed by atoms with van der Waals surface area (Å²) in [6.07, 6.45) is 12.7. The number of ether oxygens (including phenoxy) is 4. The van der Waals surface area contributed by atoms with Crippen molar-refractivity contribution in [1.29, 1.82) is 0 Å². The van der Waals surface area contributed by atoms with Gasteiger partial charge in [0.05, 0.1) is 13.2 Å². The van der Waals surface area contributed by atoms with Crippen LogP contribution < -0.4 is 9.47 Å². The molecule has 0 bridgehead atoms. The fourth-order valence-electron chi connectivity index (χ4n) is 4.31. The minimum Gasteiger partial charge on any atom is -0.494 e. The normalized spacial score (nSPS) is 12.5. The fraction of sp³-hybridized carbons (Fsp3) is 0.545. The molecule has 0 saturated carbocycles. The first-order chi connectivity index (χ1) is 20.1. The molecule has 3 aromatic rings. The first-order valence-corrected chi connectivity index (χ1v) is 14.4. The Kier molecular flexibility index (Phi) is 19.8. The van der Waals surface area contributed by atoms with Gasteiger partial charge < -0.3 is 33.2 Å². The van der Waals surface area contributed by atoms with Gasteiger partial charge in [0.25, 0.3) is 0 Å². The van der Waals surface area contributed by atoms with Crippen molar-refractivity contribution < 1.29 is 23.4 Å². The largest absolute Gasteiger partial charge is 0.494 e. The number of benzene rings is 2. The maximum absolute atomic E-state index is 6.03. The highest BCUT2D eigenvalue weighted by Gasteiger charge is 2.12. The monoisotopic (exact) mass is 569 g/mol. The number of terminal acetylenes is 1. The fourth-order valence-corrected chi connectivity index (χ4v) is 4.31. The average molecular weight is 570 g/mol. The molecular formula is C33H51N3O5. The summed E-state index contributed by atoms with van der Waals surface area (Å²) in [5.41, 5.74) is 2.53. The predicted octanol–water partition coefficient (Wildman–Crippen LogP) is 6.24. The minimum absolute atomic E-state index is 0.615. The zero-order valence-corrected chi connectivity index (χ0v) is 26.1. The van der Waals surface area contributed by atoms with Gasteiger partial charge >= 0.3 is 0 Å². The topological polar surface area (TPSA) is 69.4 Å². The summed E-state index contributed by atoms with van der Waals surface area (Å²) in [5, 5.41) is 0. The Labute approximate surface area is 247 Å². The van der Waals surface area contributed by atoms with Gasteiger partial charge in [0.15, 0.2) is 5.58 Å². The Morgan fingerprint density at radius 1 is 0.829 bits per heavy atom. The summed E-state index contributed by atoms with van der Waals surface area (Å²) in [5.74, 6) is 2.32. The van der Waals surface area contributed by atoms with Crippen LogP contribution in [0.5, 0.6) is 11.5 Å². The van der Waals surface area contributed by atoms with Gasteiger partial charge in [0.2, 0.25) is 5.89 Å². The molecule has 0 spiro atoms. The SMILES string of the molecule is C#C.CCN(CC)CCCOc1ccc(-c2nc3ccc(OCCCN4CCCC4)cc3o2)cc1.COC.COC. The van der Waals surface area contributed by atoms with E-state index in [-0.39, 0.29) is 0 Å². The number of fused-ring (bicyclic) bond motifs is 1. The molecule has 0 atom stereocenters. The third-order valence-corrected chi connectivity index (χ3v) is 6.33. The molecule has 8 heteroatoms. The van der Waals surface area contributed by atoms with Crippen LogP contribution in [0.15, 0.2) is 46.9 Å². The van der Waals surface area contributed by atoms with E-state index in [0.717, 1.165) is 80.4 Å². The van der Waals surface area contributed by atoms with Crippen molar-refractivity contribution in [3.05, 3.63) is 42.5 Å². The van der Waals surface area contributed by atoms with Crippen LogP contribution in [0.3, 0.4) is 0 Å². The van der Waals surface area contributed by atoms with E-state index in [0.29, 0.717) is 5.89 Å². The molecule has 0 amide bonds. The minimum atomic E-state index is 0.615. The lowest BCUT2D eigenvalue weighted by Crippen LogP contribution is -2.25. The number of hydrogen-bond acceptors (Lipinski definition) is 8. The van der Waals surface area contributed by atoms with Crippen LogP contribution in [0, 0.1) is 12.8 Å². The molecule has 0 aliphatic carbocycles. The Balaban J connectivity index is 0.000000949. The van der Waals surface area contributed by atoms with E-state index < -0.39 is 0 Å². The summed E-state index contributed by atoms with van der Waals surface area (Å²) in [6.45, 7) is 12.7. The zero-order chi connectivity index (χ0) is 30.3. The summed E-state index contributed by atoms with van der Waals surface area (Å²) in [7, 11) is 6.50. The second-order valence-corrected chi connectivity index (χ2v) is 9.47. The molecule has 1 saturated heterocycles. The molecule has 4 rings (SSSR count). The number of hydrogen-bond donors (Lipinski definition) is 0. The first kappa shape index (κ1) is 35.9. The standard InChI is InChI=1S/C27H37N3O3.2C2H6O.C2H2/c1-3-29(4-2)17-7-19-31-23-11-9-22(10-12-23)27-28-25-14-13-24(21-26(25)33-27)32-20-8-18-30-15-5-6-16-30;2*1-3-2;1-2/h9-14,21H,3-8,15-20H2,1-2H3;2*1-2H3;1-2H. The van der Waals surface area contributed by atoms with E-state index in [2.05, 4.69) is 51.0 Å². The third-order valence-electron chi connectivity index (χ3n) is 6.33. The van der Waals surface area contributed by atoms with E-state index in [1.807, 2.05) is 42.5 Å². The molecule has 1 fully saturated rings. The Hall–Kier alpha value is -3.09. The Bertz CT molecular complexity index is 1060. The summed E-state index contributed by atoms with van der Waals surface area (Å²) in [6, 6.07) is 13.8. The van der Waals surface area contributed by atoms with E-state index in [4.69, 9.17) is 13.9 Å². The maximum atomic E-state index is 6.03. The van der Waals surface area contributed by atoms with Crippen LogP contribution in [0.1, 0.15) is 39.5 Å². The molecule has 8 nitrogen and oxygen atoms in total. The Morgan fingerprint density at radius 3 is 2.00 bits per heavy atom. The van der Waals surface area contributed by atoms with Crippen LogP contribution >= 0.6 is 0 Å². The van der Waals surface area contributed by atoms with Gasteiger partial charge in [0.1, 0.15) is 17.0 Å². The Morgan fingerprint density at radius 2 is 1.39 bits per heavy atom. The highest BCUT2D eigenvalue weighted by Crippen LogP contribution is 2.28. The van der Waals surface area contributed by atoms with Gasteiger partial charge in [-0.2, -0.15) is 0 Å². The molecular weight excluding hydrogens is 518 g/mol. The molecule has 1 aliphatic heterocycles. The van der Waals surface area contributed by atoms with Crippen LogP contribution in [0.25, 0.3) is 22.6 Å². The summed E-state index contributed by atoms with van der Waals surface area (Å²) in [4.78, 5) is 9.56. The van der Waals surface area contributed by atoms with Crippen molar-refractivity contribution in [1.82, 2.24) is 14.8 Å². The third kappa shape index (κ3) is 13.9. The predicted molar refractivity (Wildman–Crippen MR) is 169 cm³/mol. The lowest BCUT2D eigenvalue weighted by Gasteiger charge is -2.17. The van der Waals surface area contributed by atoms with Crippen LogP contribution in [0.4, 0.5) is 0 Å². The number of rotatable bonds is 13. The lowest BCUT2D eigenvalue weighted by atomic mass is 10.2. The highest BCUT2D eigenvalue weighted by molar-refractivity contribution is 5.77. The molecule has 1 aliphatic rings. The lowest BCUT2D eigenvalue weighted by molar-refractivity contribution is 0.249. The number of oxazole rings is 1. The molecule has 228 valence electrons. The average Bonchev–Trinajstić information content (AvgIpc) is 3.68. The van der Waals surface area contributed by atoms with Crippen LogP contribution in [-0.4, -0.2) is 95.7 Å². The second kappa shape index (κ2) is 22.6. The quantitative estimate of drug-likeness (QED) is 0.177. The van der Waals surface area contributed by atoms with Gasteiger partial charge in [-0.1, -0.05) is 13.8 Å². The molecule has 0 N–H and O–H groups in total. The molecule has 0 radical (unpaired) electrons. The van der Waals surface area contributed by atoms with Crippen molar-refractivity contribution in [2.45, 2.75) is 39.5 Å². The van der Waals surface area contributed by atoms with Crippen LogP contribution in [0.2, 0.25) is 0 Å². The van der Waals surface area contributed by atoms with E-state index in [1.165, 1.54) is 25.9 Å². The first-order valence-electron chi connectivity index (χ1n) is 14.4. The van der Waals surface area contributed by atoms with E-state index in [1.54, 1.807) is 28.4 Å². The van der Waals surface area contributed by atoms with E-state index >= 15 is 0 Å². The van der Waals surface area contributed by atoms with E-state index in [9.17, 15) is 0 Å². The second-order valence-electron chi connectivity index (χ2n) is 9.47. The van der Waals surface area contributed by atoms with Gasteiger partial charge in [-0.25, -0.2) is 4.98 Å². The molecule has 1 aromatic heterocycles. The number of likely N-dealkylation sites (tertiary alicyclic amines) is 1. The van der Waals surface area contributed by atoms with Gasteiger partial charge in [-0.05, 0) is 88.3 Å². The molecule has 2 aromatic carbocycles. The van der Waals surface area contributed by atoms with Crippen molar-refractivity contribution >= 4 is 11.1 Å². The summed E-state index contributed by atoms with van der Waals surface area (Å²) >= 11 is 0. The van der Waals surface area contributed by atoms with Crippen molar-refractivity contribution in [2.24, 2.45) is 0 Å². The van der Waals surface area contributed by atoms with Crippen LogP contribution in [-0.2, 0) is 9.47 Å². The molecule has 0 unspecified atom stereocenters. The van der Waals surface area contributed by atoms with Gasteiger partial charge in [-0.15, -0.1) is 12.8 Å². The zero-order valence-electron chi connectivity index (χ0n) is 26.1. The van der Waals surface area contributed by atoms with Crippen molar-refractivity contribution in [3.63, 3.8) is 0 Å². The number of nitrogens with zero attached hydrogens (tertiary/aromatic N) is 3. The highest BCUT2D eigenvalue weighted by atomic mass is 16.5. The smallest absolute Gasteiger partial charge is 0.227 e. The van der Waals surface area contributed by atoms with Gasteiger partial charge in [-0.3, -0.25) is 0 Å². The molecule has 41 heavy (non-hydrogen) atoms. The number of methoxy groups -OCH3 is 2. The number of aromatic nitrogens is 1. The van der Waals surface area contributed by atoms with Crippen molar-refractivity contribution in [2.75, 3.05) is 80.9 Å². The van der Waals surface area contributed by atoms with Crippen molar-refractivity contribution in [3.8, 4) is 35.8 Å². The molecule has 2 heterocycles.